The number of benzene rings is 1. The molecular weight excluding hydrogens is 244 g/mol. The molecule has 2 aromatic rings. The zero-order valence-corrected chi connectivity index (χ0v) is 11.8. The summed E-state index contributed by atoms with van der Waals surface area (Å²) in [4.78, 5) is 5.81. The van der Waals surface area contributed by atoms with Crippen LogP contribution in [0.15, 0.2) is 24.3 Å². The van der Waals surface area contributed by atoms with Crippen LogP contribution < -0.4 is 10.1 Å². The molecule has 1 heterocycles. The standard InChI is InChI=1S/C14H18N2OS/c1-10-6-4-5-7-12(10)17-9-14-16-11(2)13(18-14)8-15-3/h4-7,15H,8-9H2,1-3H3. The van der Waals surface area contributed by atoms with Crippen LogP contribution in [-0.4, -0.2) is 12.0 Å². The number of aromatic nitrogens is 1. The molecule has 0 aliphatic heterocycles. The Bertz CT molecular complexity index is 522. The molecule has 18 heavy (non-hydrogen) atoms. The third kappa shape index (κ3) is 3.09. The summed E-state index contributed by atoms with van der Waals surface area (Å²) in [6, 6.07) is 8.04. The van der Waals surface area contributed by atoms with Crippen molar-refractivity contribution in [3.63, 3.8) is 0 Å². The van der Waals surface area contributed by atoms with Gasteiger partial charge in [0.1, 0.15) is 17.4 Å². The number of para-hydroxylation sites is 1. The lowest BCUT2D eigenvalue weighted by Crippen LogP contribution is -2.04. The second-order valence-electron chi connectivity index (χ2n) is 4.20. The van der Waals surface area contributed by atoms with E-state index in [0.717, 1.165) is 28.6 Å². The van der Waals surface area contributed by atoms with Gasteiger partial charge >= 0.3 is 0 Å². The predicted molar refractivity (Wildman–Crippen MR) is 75.1 cm³/mol. The van der Waals surface area contributed by atoms with Crippen LogP contribution in [0.2, 0.25) is 0 Å². The van der Waals surface area contributed by atoms with Gasteiger partial charge in [0, 0.05) is 11.4 Å². The predicted octanol–water partition coefficient (Wildman–Crippen LogP) is 3.06. The summed E-state index contributed by atoms with van der Waals surface area (Å²) in [6.45, 7) is 5.50. The highest BCUT2D eigenvalue weighted by molar-refractivity contribution is 7.11. The number of ether oxygens (including phenoxy) is 1. The average Bonchev–Trinajstić information content (AvgIpc) is 2.70. The van der Waals surface area contributed by atoms with Gasteiger partial charge in [-0.15, -0.1) is 11.3 Å². The summed E-state index contributed by atoms with van der Waals surface area (Å²) in [5, 5.41) is 4.18. The number of hydrogen-bond donors (Lipinski definition) is 1. The van der Waals surface area contributed by atoms with Crippen molar-refractivity contribution < 1.29 is 4.74 Å². The Kier molecular flexibility index (Phi) is 4.33. The molecule has 0 fully saturated rings. The van der Waals surface area contributed by atoms with Crippen molar-refractivity contribution in [3.8, 4) is 5.75 Å². The molecule has 0 bridgehead atoms. The zero-order valence-electron chi connectivity index (χ0n) is 11.0. The van der Waals surface area contributed by atoms with Crippen LogP contribution >= 0.6 is 11.3 Å². The van der Waals surface area contributed by atoms with Crippen molar-refractivity contribution in [1.82, 2.24) is 10.3 Å². The number of hydrogen-bond acceptors (Lipinski definition) is 4. The van der Waals surface area contributed by atoms with Crippen LogP contribution in [0, 0.1) is 13.8 Å². The van der Waals surface area contributed by atoms with E-state index in [0.29, 0.717) is 6.61 Å². The maximum atomic E-state index is 5.80. The highest BCUT2D eigenvalue weighted by Gasteiger charge is 2.07. The van der Waals surface area contributed by atoms with Crippen LogP contribution in [0.5, 0.6) is 5.75 Å². The number of thiazole rings is 1. The fourth-order valence-electron chi connectivity index (χ4n) is 1.73. The van der Waals surface area contributed by atoms with Gasteiger partial charge in [-0.1, -0.05) is 18.2 Å². The molecule has 0 radical (unpaired) electrons. The molecule has 96 valence electrons. The van der Waals surface area contributed by atoms with E-state index in [1.54, 1.807) is 11.3 Å². The van der Waals surface area contributed by atoms with Crippen molar-refractivity contribution in [3.05, 3.63) is 45.4 Å². The van der Waals surface area contributed by atoms with Gasteiger partial charge in [-0.05, 0) is 32.5 Å². The van der Waals surface area contributed by atoms with Crippen molar-refractivity contribution in [2.45, 2.75) is 27.0 Å². The van der Waals surface area contributed by atoms with Crippen LogP contribution in [0.3, 0.4) is 0 Å². The molecule has 0 saturated heterocycles. The molecule has 1 aromatic heterocycles. The largest absolute Gasteiger partial charge is 0.486 e. The lowest BCUT2D eigenvalue weighted by Gasteiger charge is -2.06. The average molecular weight is 262 g/mol. The molecule has 0 spiro atoms. The van der Waals surface area contributed by atoms with E-state index >= 15 is 0 Å². The summed E-state index contributed by atoms with van der Waals surface area (Å²) >= 11 is 1.71. The fourth-order valence-corrected chi connectivity index (χ4v) is 2.73. The first-order valence-electron chi connectivity index (χ1n) is 5.99. The molecule has 0 aliphatic rings. The molecule has 4 heteroatoms. The number of nitrogens with zero attached hydrogens (tertiary/aromatic N) is 1. The van der Waals surface area contributed by atoms with Gasteiger partial charge in [0.25, 0.3) is 0 Å². The van der Waals surface area contributed by atoms with Crippen molar-refractivity contribution in [2.75, 3.05) is 7.05 Å². The Balaban J connectivity index is 2.02. The van der Waals surface area contributed by atoms with Gasteiger partial charge in [0.2, 0.25) is 0 Å². The lowest BCUT2D eigenvalue weighted by molar-refractivity contribution is 0.303. The quantitative estimate of drug-likeness (QED) is 0.899. The molecule has 0 saturated carbocycles. The lowest BCUT2D eigenvalue weighted by atomic mass is 10.2. The van der Waals surface area contributed by atoms with Gasteiger partial charge in [0.15, 0.2) is 0 Å². The molecule has 0 atom stereocenters. The highest BCUT2D eigenvalue weighted by atomic mass is 32.1. The first-order chi connectivity index (χ1) is 8.70. The van der Waals surface area contributed by atoms with E-state index in [1.807, 2.05) is 32.2 Å². The van der Waals surface area contributed by atoms with Gasteiger partial charge in [0.05, 0.1) is 5.69 Å². The first-order valence-corrected chi connectivity index (χ1v) is 6.80. The summed E-state index contributed by atoms with van der Waals surface area (Å²) in [5.74, 6) is 0.931. The van der Waals surface area contributed by atoms with E-state index in [2.05, 4.69) is 23.3 Å². The molecule has 2 rings (SSSR count). The van der Waals surface area contributed by atoms with E-state index < -0.39 is 0 Å². The van der Waals surface area contributed by atoms with Crippen molar-refractivity contribution in [2.24, 2.45) is 0 Å². The van der Waals surface area contributed by atoms with E-state index in [-0.39, 0.29) is 0 Å². The fraction of sp³-hybridized carbons (Fsp3) is 0.357. The normalized spacial score (nSPS) is 10.6. The summed E-state index contributed by atoms with van der Waals surface area (Å²) < 4.78 is 5.80. The van der Waals surface area contributed by atoms with E-state index in [1.165, 1.54) is 4.88 Å². The first kappa shape index (κ1) is 13.1. The minimum Gasteiger partial charge on any atom is -0.486 e. The number of aryl methyl sites for hydroxylation is 2. The minimum atomic E-state index is 0.542. The van der Waals surface area contributed by atoms with Crippen LogP contribution in [-0.2, 0) is 13.2 Å². The van der Waals surface area contributed by atoms with Gasteiger partial charge < -0.3 is 10.1 Å². The van der Waals surface area contributed by atoms with Crippen LogP contribution in [0.25, 0.3) is 0 Å². The smallest absolute Gasteiger partial charge is 0.140 e. The number of nitrogens with one attached hydrogen (secondary N) is 1. The van der Waals surface area contributed by atoms with Crippen molar-refractivity contribution >= 4 is 11.3 Å². The second-order valence-corrected chi connectivity index (χ2v) is 5.37. The van der Waals surface area contributed by atoms with Gasteiger partial charge in [-0.25, -0.2) is 4.98 Å². The molecule has 1 N–H and O–H groups in total. The third-order valence-electron chi connectivity index (χ3n) is 2.72. The highest BCUT2D eigenvalue weighted by Crippen LogP contribution is 2.21. The van der Waals surface area contributed by atoms with Crippen molar-refractivity contribution in [1.29, 1.82) is 0 Å². The second kappa shape index (κ2) is 5.98. The van der Waals surface area contributed by atoms with Gasteiger partial charge in [-0.3, -0.25) is 0 Å². The van der Waals surface area contributed by atoms with E-state index in [9.17, 15) is 0 Å². The van der Waals surface area contributed by atoms with E-state index in [4.69, 9.17) is 4.74 Å². The van der Waals surface area contributed by atoms with Gasteiger partial charge in [-0.2, -0.15) is 0 Å². The Morgan fingerprint density at radius 2 is 2.06 bits per heavy atom. The topological polar surface area (TPSA) is 34.1 Å². The molecule has 3 nitrogen and oxygen atoms in total. The molecule has 0 unspecified atom stereocenters. The molecule has 0 aliphatic carbocycles. The summed E-state index contributed by atoms with van der Waals surface area (Å²) in [5.41, 5.74) is 2.25. The Labute approximate surface area is 112 Å². The maximum Gasteiger partial charge on any atom is 0.140 e. The zero-order chi connectivity index (χ0) is 13.0. The summed E-state index contributed by atoms with van der Waals surface area (Å²) in [6.07, 6.45) is 0. The SMILES string of the molecule is CNCc1sc(COc2ccccc2C)nc1C. The Morgan fingerprint density at radius 1 is 1.28 bits per heavy atom. The minimum absolute atomic E-state index is 0.542. The number of rotatable bonds is 5. The Morgan fingerprint density at radius 3 is 2.78 bits per heavy atom. The summed E-state index contributed by atoms with van der Waals surface area (Å²) in [7, 11) is 1.95. The molecule has 0 amide bonds. The third-order valence-corrected chi connectivity index (χ3v) is 3.85. The molecular formula is C14H18N2OS. The Hall–Kier alpha value is -1.39. The monoisotopic (exact) mass is 262 g/mol. The maximum absolute atomic E-state index is 5.80. The van der Waals surface area contributed by atoms with Crippen LogP contribution in [0.4, 0.5) is 0 Å². The molecule has 1 aromatic carbocycles. The van der Waals surface area contributed by atoms with Crippen LogP contribution in [0.1, 0.15) is 21.1 Å².